The van der Waals surface area contributed by atoms with Crippen LogP contribution in [0, 0.1) is 0 Å². The number of hydrogen-bond acceptors (Lipinski definition) is 3. The number of rotatable bonds is 6. The molecule has 1 unspecified atom stereocenters. The van der Waals surface area contributed by atoms with Gasteiger partial charge in [0.25, 0.3) is 0 Å². The Morgan fingerprint density at radius 2 is 1.84 bits per heavy atom. The average molecular weight is 354 g/mol. The van der Waals surface area contributed by atoms with Crippen LogP contribution in [0.15, 0.2) is 78.7 Å². The largest absolute Gasteiger partial charge is 0.491 e. The van der Waals surface area contributed by atoms with Crippen molar-refractivity contribution in [3.05, 3.63) is 94.9 Å². The van der Waals surface area contributed by atoms with E-state index in [1.54, 1.807) is 12.1 Å². The van der Waals surface area contributed by atoms with Crippen LogP contribution in [0.4, 0.5) is 0 Å². The summed E-state index contributed by atoms with van der Waals surface area (Å²) in [4.78, 5) is 14.5. The molecule has 1 heterocycles. The van der Waals surface area contributed by atoms with E-state index in [-0.39, 0.29) is 18.4 Å². The van der Waals surface area contributed by atoms with Crippen LogP contribution in [-0.2, 0) is 11.3 Å². The number of halogens is 1. The van der Waals surface area contributed by atoms with Crippen LogP contribution in [0.2, 0.25) is 5.02 Å². The molecular formula is C21H20ClNO2. The lowest BCUT2D eigenvalue weighted by atomic mass is 10.1. The van der Waals surface area contributed by atoms with E-state index >= 15 is 0 Å². The van der Waals surface area contributed by atoms with Crippen molar-refractivity contribution in [1.82, 2.24) is 4.90 Å². The monoisotopic (exact) mass is 353 g/mol. The zero-order chi connectivity index (χ0) is 17.6. The fraction of sp³-hybridized carbons (Fsp3) is 0.190. The second kappa shape index (κ2) is 8.04. The van der Waals surface area contributed by atoms with Crippen LogP contribution in [0.3, 0.4) is 0 Å². The van der Waals surface area contributed by atoms with Gasteiger partial charge in [0.1, 0.15) is 12.4 Å². The van der Waals surface area contributed by atoms with Crippen molar-refractivity contribution < 1.29 is 9.53 Å². The number of carbonyl (C=O) groups is 1. The molecular weight excluding hydrogens is 334 g/mol. The second-order valence-electron chi connectivity index (χ2n) is 5.94. The third-order valence-electron chi connectivity index (χ3n) is 4.20. The molecule has 0 saturated heterocycles. The summed E-state index contributed by atoms with van der Waals surface area (Å²) < 4.78 is 5.95. The van der Waals surface area contributed by atoms with Gasteiger partial charge in [0.15, 0.2) is 5.78 Å². The number of Topliss-reactive ketones (excluding diaryl/α,β-unsaturated/α-hetero) is 1. The molecule has 0 amide bonds. The summed E-state index contributed by atoms with van der Waals surface area (Å²) in [5.41, 5.74) is 1.66. The van der Waals surface area contributed by atoms with E-state index in [2.05, 4.69) is 0 Å². The third kappa shape index (κ3) is 4.31. The Morgan fingerprint density at radius 1 is 1.12 bits per heavy atom. The molecule has 25 heavy (non-hydrogen) atoms. The molecule has 1 aliphatic heterocycles. The van der Waals surface area contributed by atoms with Gasteiger partial charge >= 0.3 is 0 Å². The van der Waals surface area contributed by atoms with Crippen LogP contribution >= 0.6 is 11.6 Å². The Balaban J connectivity index is 1.63. The van der Waals surface area contributed by atoms with Crippen molar-refractivity contribution in [1.29, 1.82) is 0 Å². The lowest BCUT2D eigenvalue weighted by Crippen LogP contribution is -2.36. The van der Waals surface area contributed by atoms with Gasteiger partial charge in [-0.05, 0) is 36.8 Å². The number of carbonyl (C=O) groups excluding carboxylic acids is 1. The van der Waals surface area contributed by atoms with Crippen LogP contribution in [0.1, 0.15) is 22.8 Å². The van der Waals surface area contributed by atoms with E-state index in [0.717, 1.165) is 11.3 Å². The van der Waals surface area contributed by atoms with Crippen LogP contribution < -0.4 is 0 Å². The van der Waals surface area contributed by atoms with E-state index in [9.17, 15) is 4.79 Å². The summed E-state index contributed by atoms with van der Waals surface area (Å²) >= 11 is 6.13. The van der Waals surface area contributed by atoms with E-state index in [4.69, 9.17) is 16.3 Å². The Labute approximate surface area is 153 Å². The summed E-state index contributed by atoms with van der Waals surface area (Å²) in [7, 11) is 0. The van der Waals surface area contributed by atoms with Crippen LogP contribution in [0.5, 0.6) is 0 Å². The van der Waals surface area contributed by atoms with E-state index in [1.165, 1.54) is 0 Å². The Kier molecular flexibility index (Phi) is 5.56. The Morgan fingerprint density at radius 3 is 2.60 bits per heavy atom. The van der Waals surface area contributed by atoms with Crippen molar-refractivity contribution in [2.24, 2.45) is 0 Å². The Bertz CT molecular complexity index is 799. The van der Waals surface area contributed by atoms with Crippen molar-refractivity contribution >= 4 is 17.4 Å². The highest BCUT2D eigenvalue weighted by Crippen LogP contribution is 2.21. The number of ether oxygens (including phenoxy) is 1. The first-order valence-corrected chi connectivity index (χ1v) is 8.61. The Hall–Kier alpha value is -2.52. The molecule has 0 spiro atoms. The number of hydrogen-bond donors (Lipinski definition) is 0. The van der Waals surface area contributed by atoms with Gasteiger partial charge in [-0.25, -0.2) is 0 Å². The summed E-state index contributed by atoms with van der Waals surface area (Å²) in [6, 6.07) is 17.1. The van der Waals surface area contributed by atoms with Gasteiger partial charge in [0, 0.05) is 11.8 Å². The van der Waals surface area contributed by atoms with Gasteiger partial charge in [-0.2, -0.15) is 0 Å². The highest BCUT2D eigenvalue weighted by molar-refractivity contribution is 6.34. The molecule has 0 aliphatic carbocycles. The minimum atomic E-state index is -0.0138. The van der Waals surface area contributed by atoms with E-state index in [1.807, 2.05) is 72.6 Å². The molecule has 3 rings (SSSR count). The topological polar surface area (TPSA) is 29.5 Å². The third-order valence-corrected chi connectivity index (χ3v) is 4.53. The molecule has 0 saturated carbocycles. The number of allylic oxidation sites excluding steroid dienone is 2. The second-order valence-corrected chi connectivity index (χ2v) is 6.34. The lowest BCUT2D eigenvalue weighted by Gasteiger charge is -2.31. The predicted octanol–water partition coefficient (Wildman–Crippen LogP) is 4.84. The smallest absolute Gasteiger partial charge is 0.183 e. The first kappa shape index (κ1) is 17.3. The summed E-state index contributed by atoms with van der Waals surface area (Å²) in [5.74, 6) is 0.838. The molecule has 0 N–H and O–H groups in total. The standard InChI is InChI=1S/C21H20ClNO2/c1-16-21(25-15-17-8-3-2-4-9-17)12-7-13-23(16)14-20(24)18-10-5-6-11-19(18)22/h2-13,16H,14-15H2,1H3. The maximum atomic E-state index is 12.5. The van der Waals surface area contributed by atoms with Crippen molar-refractivity contribution in [2.75, 3.05) is 6.54 Å². The van der Waals surface area contributed by atoms with Gasteiger partial charge in [-0.1, -0.05) is 54.1 Å². The molecule has 1 atom stereocenters. The SMILES string of the molecule is CC1C(OCc2ccccc2)=CC=CN1CC(=O)c1ccccc1Cl. The molecule has 128 valence electrons. The van der Waals surface area contributed by atoms with Gasteiger partial charge in [0.05, 0.1) is 17.6 Å². The maximum absolute atomic E-state index is 12.5. The zero-order valence-electron chi connectivity index (χ0n) is 14.1. The van der Waals surface area contributed by atoms with Gasteiger partial charge in [-0.3, -0.25) is 4.79 Å². The van der Waals surface area contributed by atoms with Gasteiger partial charge < -0.3 is 9.64 Å². The number of nitrogens with zero attached hydrogens (tertiary/aromatic N) is 1. The molecule has 0 aromatic heterocycles. The van der Waals surface area contributed by atoms with Crippen LogP contribution in [-0.4, -0.2) is 23.3 Å². The molecule has 0 bridgehead atoms. The first-order valence-electron chi connectivity index (χ1n) is 8.24. The molecule has 0 radical (unpaired) electrons. The maximum Gasteiger partial charge on any atom is 0.183 e. The fourth-order valence-corrected chi connectivity index (χ4v) is 2.96. The number of benzene rings is 2. The van der Waals surface area contributed by atoms with Crippen LogP contribution in [0.25, 0.3) is 0 Å². The zero-order valence-corrected chi connectivity index (χ0v) is 14.8. The quantitative estimate of drug-likeness (QED) is 0.696. The van der Waals surface area contributed by atoms with E-state index in [0.29, 0.717) is 17.2 Å². The summed E-state index contributed by atoms with van der Waals surface area (Å²) in [6.07, 6.45) is 5.76. The summed E-state index contributed by atoms with van der Waals surface area (Å²) in [6.45, 7) is 2.80. The average Bonchev–Trinajstić information content (AvgIpc) is 2.63. The minimum Gasteiger partial charge on any atom is -0.491 e. The highest BCUT2D eigenvalue weighted by Gasteiger charge is 2.22. The molecule has 2 aromatic rings. The minimum absolute atomic E-state index is 0.00795. The van der Waals surface area contributed by atoms with Crippen molar-refractivity contribution in [3.63, 3.8) is 0 Å². The molecule has 3 nitrogen and oxygen atoms in total. The van der Waals surface area contributed by atoms with Crippen molar-refractivity contribution in [3.8, 4) is 0 Å². The number of ketones is 1. The highest BCUT2D eigenvalue weighted by atomic mass is 35.5. The van der Waals surface area contributed by atoms with E-state index < -0.39 is 0 Å². The summed E-state index contributed by atoms with van der Waals surface area (Å²) in [5, 5.41) is 0.484. The first-order chi connectivity index (χ1) is 12.1. The molecule has 1 aliphatic rings. The lowest BCUT2D eigenvalue weighted by molar-refractivity contribution is 0.0909. The normalized spacial score (nSPS) is 16.5. The predicted molar refractivity (Wildman–Crippen MR) is 100 cm³/mol. The van der Waals surface area contributed by atoms with Gasteiger partial charge in [0.2, 0.25) is 0 Å². The fourth-order valence-electron chi connectivity index (χ4n) is 2.72. The molecule has 2 aromatic carbocycles. The molecule has 0 fully saturated rings. The van der Waals surface area contributed by atoms with Crippen molar-refractivity contribution in [2.45, 2.75) is 19.6 Å². The van der Waals surface area contributed by atoms with Gasteiger partial charge in [-0.15, -0.1) is 0 Å². The molecule has 4 heteroatoms.